The van der Waals surface area contributed by atoms with Crippen molar-refractivity contribution in [2.24, 2.45) is 0 Å². The van der Waals surface area contributed by atoms with Gasteiger partial charge >= 0.3 is 0 Å². The molecule has 1 unspecified atom stereocenters. The maximum absolute atomic E-state index is 12.6. The Hall–Kier alpha value is -0.610. The summed E-state index contributed by atoms with van der Waals surface area (Å²) in [7, 11) is 2.19. The molecule has 4 nitrogen and oxygen atoms in total. The van der Waals surface area contributed by atoms with Gasteiger partial charge in [0.05, 0.1) is 5.54 Å². The first-order valence-corrected chi connectivity index (χ1v) is 8.30. The molecule has 1 saturated carbocycles. The second-order valence-electron chi connectivity index (χ2n) is 6.91. The summed E-state index contributed by atoms with van der Waals surface area (Å²) in [4.78, 5) is 15.0. The van der Waals surface area contributed by atoms with Crippen LogP contribution < -0.4 is 10.6 Å². The second-order valence-corrected chi connectivity index (χ2v) is 6.91. The highest BCUT2D eigenvalue weighted by molar-refractivity contribution is 5.86. The number of hydrogen-bond donors (Lipinski definition) is 2. The van der Waals surface area contributed by atoms with E-state index in [2.05, 4.69) is 36.4 Å². The Bertz CT molecular complexity index is 324. The highest BCUT2D eigenvalue weighted by Crippen LogP contribution is 2.30. The van der Waals surface area contributed by atoms with Crippen molar-refractivity contribution in [3.05, 3.63) is 0 Å². The minimum absolute atomic E-state index is 0.226. The first-order valence-electron chi connectivity index (χ1n) is 8.30. The molecule has 0 aromatic rings. The number of amides is 1. The van der Waals surface area contributed by atoms with Crippen LogP contribution >= 0.6 is 0 Å². The zero-order valence-corrected chi connectivity index (χ0v) is 13.4. The molecule has 2 aliphatic rings. The van der Waals surface area contributed by atoms with Gasteiger partial charge in [-0.3, -0.25) is 4.79 Å². The second kappa shape index (κ2) is 6.90. The number of nitrogens with one attached hydrogen (secondary N) is 2. The minimum Gasteiger partial charge on any atom is -0.354 e. The Morgan fingerprint density at radius 2 is 2.00 bits per heavy atom. The van der Waals surface area contributed by atoms with E-state index in [0.717, 1.165) is 25.8 Å². The molecule has 0 aromatic carbocycles. The van der Waals surface area contributed by atoms with E-state index in [0.29, 0.717) is 12.1 Å². The van der Waals surface area contributed by atoms with Crippen molar-refractivity contribution >= 4 is 5.91 Å². The van der Waals surface area contributed by atoms with E-state index in [1.807, 2.05) is 0 Å². The number of rotatable bonds is 6. The molecule has 1 atom stereocenters. The third-order valence-corrected chi connectivity index (χ3v) is 4.89. The summed E-state index contributed by atoms with van der Waals surface area (Å²) in [6.45, 7) is 6.27. The predicted octanol–water partition coefficient (Wildman–Crippen LogP) is 1.90. The Morgan fingerprint density at radius 3 is 2.55 bits per heavy atom. The van der Waals surface area contributed by atoms with Crippen molar-refractivity contribution in [2.75, 3.05) is 20.1 Å². The molecule has 0 aromatic heterocycles. The van der Waals surface area contributed by atoms with E-state index in [1.165, 1.54) is 32.2 Å². The first-order chi connectivity index (χ1) is 9.53. The molecular formula is C16H31N3O. The van der Waals surface area contributed by atoms with Crippen molar-refractivity contribution in [3.63, 3.8) is 0 Å². The van der Waals surface area contributed by atoms with Gasteiger partial charge in [0.15, 0.2) is 0 Å². The van der Waals surface area contributed by atoms with Gasteiger partial charge in [0.2, 0.25) is 5.91 Å². The average molecular weight is 281 g/mol. The summed E-state index contributed by atoms with van der Waals surface area (Å²) in [6.07, 6.45) is 7.97. The molecule has 0 bridgehead atoms. The van der Waals surface area contributed by atoms with E-state index < -0.39 is 0 Å². The van der Waals surface area contributed by atoms with E-state index in [-0.39, 0.29) is 11.4 Å². The monoisotopic (exact) mass is 281 g/mol. The molecule has 20 heavy (non-hydrogen) atoms. The van der Waals surface area contributed by atoms with Crippen molar-refractivity contribution in [1.29, 1.82) is 0 Å². The highest BCUT2D eigenvalue weighted by atomic mass is 16.2. The molecule has 1 amide bonds. The van der Waals surface area contributed by atoms with Crippen molar-refractivity contribution < 1.29 is 4.79 Å². The Labute approximate surface area is 123 Å². The fourth-order valence-electron chi connectivity index (χ4n) is 3.83. The van der Waals surface area contributed by atoms with Crippen molar-refractivity contribution in [3.8, 4) is 0 Å². The average Bonchev–Trinajstić information content (AvgIpc) is 2.99. The number of carbonyl (C=O) groups is 1. The highest BCUT2D eigenvalue weighted by Gasteiger charge is 2.41. The van der Waals surface area contributed by atoms with Crippen LogP contribution in [0.3, 0.4) is 0 Å². The molecule has 2 fully saturated rings. The van der Waals surface area contributed by atoms with Gasteiger partial charge < -0.3 is 15.5 Å². The molecule has 1 aliphatic carbocycles. The molecule has 1 saturated heterocycles. The molecule has 2 rings (SSSR count). The molecule has 1 aliphatic heterocycles. The van der Waals surface area contributed by atoms with Gasteiger partial charge in [-0.25, -0.2) is 0 Å². The van der Waals surface area contributed by atoms with Crippen LogP contribution in [0.4, 0.5) is 0 Å². The fraction of sp³-hybridized carbons (Fsp3) is 0.938. The summed E-state index contributed by atoms with van der Waals surface area (Å²) >= 11 is 0. The molecule has 4 heteroatoms. The lowest BCUT2D eigenvalue weighted by Gasteiger charge is -2.31. The summed E-state index contributed by atoms with van der Waals surface area (Å²) < 4.78 is 0. The summed E-state index contributed by atoms with van der Waals surface area (Å²) in [6, 6.07) is 1.02. The fourth-order valence-corrected chi connectivity index (χ4v) is 3.83. The van der Waals surface area contributed by atoms with Gasteiger partial charge in [-0.05, 0) is 59.5 Å². The smallest absolute Gasteiger partial charge is 0.240 e. The van der Waals surface area contributed by atoms with Crippen LogP contribution in [0.5, 0.6) is 0 Å². The van der Waals surface area contributed by atoms with E-state index in [9.17, 15) is 4.79 Å². The predicted molar refractivity (Wildman–Crippen MR) is 82.7 cm³/mol. The zero-order chi connectivity index (χ0) is 14.6. The van der Waals surface area contributed by atoms with Gasteiger partial charge in [-0.1, -0.05) is 12.8 Å². The van der Waals surface area contributed by atoms with Gasteiger partial charge in [-0.2, -0.15) is 0 Å². The Morgan fingerprint density at radius 1 is 1.30 bits per heavy atom. The maximum Gasteiger partial charge on any atom is 0.240 e. The maximum atomic E-state index is 12.6. The third kappa shape index (κ3) is 3.73. The summed E-state index contributed by atoms with van der Waals surface area (Å²) in [5.41, 5.74) is -0.296. The third-order valence-electron chi connectivity index (χ3n) is 4.89. The van der Waals surface area contributed by atoms with E-state index in [1.54, 1.807) is 0 Å². The number of nitrogens with zero attached hydrogens (tertiary/aromatic N) is 1. The van der Waals surface area contributed by atoms with Gasteiger partial charge in [-0.15, -0.1) is 0 Å². The topological polar surface area (TPSA) is 44.4 Å². The summed E-state index contributed by atoms with van der Waals surface area (Å²) in [5, 5.41) is 6.71. The molecule has 2 N–H and O–H groups in total. The van der Waals surface area contributed by atoms with Crippen LogP contribution in [0.1, 0.15) is 58.8 Å². The van der Waals surface area contributed by atoms with Gasteiger partial charge in [0.1, 0.15) is 0 Å². The van der Waals surface area contributed by atoms with Gasteiger partial charge in [0.25, 0.3) is 0 Å². The molecule has 0 radical (unpaired) electrons. The molecular weight excluding hydrogens is 250 g/mol. The van der Waals surface area contributed by atoms with Crippen LogP contribution in [0.15, 0.2) is 0 Å². The quantitative estimate of drug-likeness (QED) is 0.781. The largest absolute Gasteiger partial charge is 0.354 e. The lowest BCUT2D eigenvalue weighted by molar-refractivity contribution is -0.127. The molecule has 0 spiro atoms. The van der Waals surface area contributed by atoms with Crippen LogP contribution in [0.2, 0.25) is 0 Å². The van der Waals surface area contributed by atoms with Crippen molar-refractivity contribution in [2.45, 2.75) is 76.4 Å². The van der Waals surface area contributed by atoms with E-state index >= 15 is 0 Å². The Balaban J connectivity index is 1.80. The zero-order valence-electron chi connectivity index (χ0n) is 13.4. The molecule has 1 heterocycles. The van der Waals surface area contributed by atoms with Gasteiger partial charge in [0, 0.05) is 18.6 Å². The summed E-state index contributed by atoms with van der Waals surface area (Å²) in [5.74, 6) is 0.226. The van der Waals surface area contributed by atoms with Crippen LogP contribution in [0, 0.1) is 0 Å². The standard InChI is InChI=1S/C16H31N3O/c1-13(2)18-16(9-4-5-10-16)15(20)17-11-8-14-7-6-12-19(14)3/h13-14,18H,4-12H2,1-3H3,(H,17,20). The lowest BCUT2D eigenvalue weighted by Crippen LogP contribution is -2.57. The first kappa shape index (κ1) is 15.8. The number of carbonyl (C=O) groups excluding carboxylic acids is 1. The normalized spacial score (nSPS) is 26.3. The SMILES string of the molecule is CC(C)NC1(C(=O)NCCC2CCCN2C)CCCC1. The van der Waals surface area contributed by atoms with Crippen LogP contribution in [0.25, 0.3) is 0 Å². The van der Waals surface area contributed by atoms with Crippen LogP contribution in [-0.2, 0) is 4.79 Å². The van der Waals surface area contributed by atoms with Crippen LogP contribution in [-0.4, -0.2) is 48.6 Å². The van der Waals surface area contributed by atoms with Crippen molar-refractivity contribution in [1.82, 2.24) is 15.5 Å². The minimum atomic E-state index is -0.296. The number of hydrogen-bond acceptors (Lipinski definition) is 3. The number of likely N-dealkylation sites (tertiary alicyclic amines) is 1. The van der Waals surface area contributed by atoms with E-state index in [4.69, 9.17) is 0 Å². The Kier molecular flexibility index (Phi) is 5.44. The molecule has 116 valence electrons. The lowest BCUT2D eigenvalue weighted by atomic mass is 9.95.